The summed E-state index contributed by atoms with van der Waals surface area (Å²) >= 11 is 6.12. The van der Waals surface area contributed by atoms with E-state index in [0.717, 1.165) is 0 Å². The lowest BCUT2D eigenvalue weighted by Gasteiger charge is -2.19. The van der Waals surface area contributed by atoms with E-state index in [4.69, 9.17) is 17.3 Å². The predicted molar refractivity (Wildman–Crippen MR) is 96.4 cm³/mol. The molecule has 0 aromatic heterocycles. The average Bonchev–Trinajstić information content (AvgIpc) is 2.60. The highest BCUT2D eigenvalue weighted by molar-refractivity contribution is 6.31. The Kier molecular flexibility index (Phi) is 7.36. The van der Waals surface area contributed by atoms with E-state index in [-0.39, 0.29) is 24.6 Å². The van der Waals surface area contributed by atoms with Crippen molar-refractivity contribution >= 4 is 23.5 Å². The Hall–Kier alpha value is -2.87. The number of urea groups is 1. The van der Waals surface area contributed by atoms with Crippen molar-refractivity contribution < 1.29 is 23.1 Å². The van der Waals surface area contributed by atoms with E-state index in [0.29, 0.717) is 16.1 Å². The van der Waals surface area contributed by atoms with Crippen LogP contribution in [0.2, 0.25) is 5.02 Å². The number of primary amides is 1. The van der Waals surface area contributed by atoms with Crippen LogP contribution < -0.4 is 21.1 Å². The standard InChI is InChI=1S/C18H18ClF2N3O3/c19-14-4-2-1-3-13(14)15(24-18(22)26)9-16(25)23-10-11-5-7-12(8-6-11)27-17(20)21/h1-8,15,17H,9-10H2,(H,23,25)(H3,22,24,26)/t15-/m1/s1. The molecule has 6 nitrogen and oxygen atoms in total. The fourth-order valence-corrected chi connectivity index (χ4v) is 2.68. The minimum Gasteiger partial charge on any atom is -0.435 e. The van der Waals surface area contributed by atoms with Gasteiger partial charge in [-0.05, 0) is 29.3 Å². The monoisotopic (exact) mass is 397 g/mol. The molecule has 0 saturated heterocycles. The molecule has 1 atom stereocenters. The molecule has 2 aromatic carbocycles. The number of rotatable bonds is 8. The van der Waals surface area contributed by atoms with Crippen LogP contribution >= 0.6 is 11.6 Å². The van der Waals surface area contributed by atoms with Gasteiger partial charge in [-0.1, -0.05) is 41.9 Å². The van der Waals surface area contributed by atoms with Crippen LogP contribution in [0.5, 0.6) is 5.75 Å². The molecule has 27 heavy (non-hydrogen) atoms. The van der Waals surface area contributed by atoms with E-state index in [1.807, 2.05) is 0 Å². The lowest BCUT2D eigenvalue weighted by Crippen LogP contribution is -2.36. The number of benzene rings is 2. The van der Waals surface area contributed by atoms with Gasteiger partial charge in [0.15, 0.2) is 0 Å². The van der Waals surface area contributed by atoms with E-state index in [1.54, 1.807) is 36.4 Å². The van der Waals surface area contributed by atoms with E-state index in [2.05, 4.69) is 15.4 Å². The summed E-state index contributed by atoms with van der Waals surface area (Å²) in [6.45, 7) is -2.71. The van der Waals surface area contributed by atoms with Crippen molar-refractivity contribution in [2.45, 2.75) is 25.6 Å². The van der Waals surface area contributed by atoms with E-state index in [9.17, 15) is 18.4 Å². The van der Waals surface area contributed by atoms with Crippen molar-refractivity contribution in [1.82, 2.24) is 10.6 Å². The Bertz CT molecular complexity index is 788. The number of hydrogen-bond acceptors (Lipinski definition) is 3. The molecule has 144 valence electrons. The average molecular weight is 398 g/mol. The van der Waals surface area contributed by atoms with Crippen LogP contribution in [0.1, 0.15) is 23.6 Å². The van der Waals surface area contributed by atoms with Gasteiger partial charge in [-0.2, -0.15) is 8.78 Å². The largest absolute Gasteiger partial charge is 0.435 e. The first-order chi connectivity index (χ1) is 12.8. The lowest BCUT2D eigenvalue weighted by molar-refractivity contribution is -0.121. The van der Waals surface area contributed by atoms with Gasteiger partial charge in [-0.3, -0.25) is 4.79 Å². The Morgan fingerprint density at radius 1 is 1.11 bits per heavy atom. The van der Waals surface area contributed by atoms with Crippen LogP contribution in [-0.2, 0) is 11.3 Å². The molecule has 0 aliphatic rings. The number of halogens is 3. The molecular weight excluding hydrogens is 380 g/mol. The van der Waals surface area contributed by atoms with Crippen LogP contribution in [0.3, 0.4) is 0 Å². The Morgan fingerprint density at radius 2 is 1.78 bits per heavy atom. The van der Waals surface area contributed by atoms with Gasteiger partial charge < -0.3 is 21.1 Å². The second-order valence-corrected chi connectivity index (χ2v) is 5.99. The summed E-state index contributed by atoms with van der Waals surface area (Å²) in [4.78, 5) is 23.5. The summed E-state index contributed by atoms with van der Waals surface area (Å²) in [6.07, 6.45) is -0.0702. The van der Waals surface area contributed by atoms with Crippen LogP contribution in [0, 0.1) is 0 Å². The first kappa shape index (κ1) is 20.4. The zero-order valence-corrected chi connectivity index (χ0v) is 14.9. The minimum absolute atomic E-state index is 0.0320. The predicted octanol–water partition coefficient (Wildman–Crippen LogP) is 3.36. The molecule has 0 fully saturated rings. The molecule has 0 bridgehead atoms. The summed E-state index contributed by atoms with van der Waals surface area (Å²) in [5.74, 6) is -0.314. The first-order valence-corrected chi connectivity index (χ1v) is 8.34. The van der Waals surface area contributed by atoms with Crippen LogP contribution in [0.4, 0.5) is 13.6 Å². The molecule has 0 radical (unpaired) electrons. The molecular formula is C18H18ClF2N3O3. The Morgan fingerprint density at radius 3 is 2.37 bits per heavy atom. The fraction of sp³-hybridized carbons (Fsp3) is 0.222. The summed E-state index contributed by atoms with van der Waals surface area (Å²) in [6, 6.07) is 11.2. The Balaban J connectivity index is 1.95. The normalized spacial score (nSPS) is 11.7. The van der Waals surface area contributed by atoms with Gasteiger partial charge in [0.05, 0.1) is 12.5 Å². The third-order valence-electron chi connectivity index (χ3n) is 3.62. The van der Waals surface area contributed by atoms with Gasteiger partial charge in [-0.25, -0.2) is 4.79 Å². The summed E-state index contributed by atoms with van der Waals surface area (Å²) < 4.78 is 28.5. The number of carbonyl (C=O) groups excluding carboxylic acids is 2. The minimum atomic E-state index is -2.89. The lowest BCUT2D eigenvalue weighted by atomic mass is 10.0. The fourth-order valence-electron chi connectivity index (χ4n) is 2.42. The number of alkyl halides is 2. The van der Waals surface area contributed by atoms with Crippen molar-refractivity contribution in [2.75, 3.05) is 0 Å². The quantitative estimate of drug-likeness (QED) is 0.637. The molecule has 9 heteroatoms. The third-order valence-corrected chi connectivity index (χ3v) is 3.97. The number of amides is 3. The maximum Gasteiger partial charge on any atom is 0.387 e. The van der Waals surface area contributed by atoms with Gasteiger partial charge >= 0.3 is 12.6 Å². The SMILES string of the molecule is NC(=O)N[C@H](CC(=O)NCc1ccc(OC(F)F)cc1)c1ccccc1Cl. The van der Waals surface area contributed by atoms with Crippen LogP contribution in [-0.4, -0.2) is 18.5 Å². The molecule has 4 N–H and O–H groups in total. The van der Waals surface area contributed by atoms with Crippen LogP contribution in [0.25, 0.3) is 0 Å². The van der Waals surface area contributed by atoms with Gasteiger partial charge in [0, 0.05) is 11.6 Å². The first-order valence-electron chi connectivity index (χ1n) is 7.96. The zero-order chi connectivity index (χ0) is 19.8. The molecule has 0 spiro atoms. The number of carbonyl (C=O) groups is 2. The maximum atomic E-state index is 12.2. The number of ether oxygens (including phenoxy) is 1. The number of nitrogens with one attached hydrogen (secondary N) is 2. The van der Waals surface area contributed by atoms with E-state index in [1.165, 1.54) is 12.1 Å². The second kappa shape index (κ2) is 9.72. The molecule has 0 aliphatic carbocycles. The van der Waals surface area contributed by atoms with Crippen molar-refractivity contribution in [3.05, 3.63) is 64.7 Å². The molecule has 3 amide bonds. The molecule has 0 unspecified atom stereocenters. The number of hydrogen-bond donors (Lipinski definition) is 3. The van der Waals surface area contributed by atoms with Gasteiger partial charge in [0.1, 0.15) is 5.75 Å². The number of nitrogens with two attached hydrogens (primary N) is 1. The highest BCUT2D eigenvalue weighted by atomic mass is 35.5. The highest BCUT2D eigenvalue weighted by Gasteiger charge is 2.19. The Labute approximate surface area is 159 Å². The zero-order valence-electron chi connectivity index (χ0n) is 14.1. The highest BCUT2D eigenvalue weighted by Crippen LogP contribution is 2.25. The van der Waals surface area contributed by atoms with E-state index < -0.39 is 18.7 Å². The van der Waals surface area contributed by atoms with Gasteiger partial charge in [0.25, 0.3) is 0 Å². The summed E-state index contributed by atoms with van der Waals surface area (Å²) in [7, 11) is 0. The third kappa shape index (κ3) is 6.74. The van der Waals surface area contributed by atoms with Gasteiger partial charge in [-0.15, -0.1) is 0 Å². The smallest absolute Gasteiger partial charge is 0.387 e. The molecule has 0 aliphatic heterocycles. The molecule has 2 aromatic rings. The molecule has 0 saturated carbocycles. The summed E-state index contributed by atoms with van der Waals surface area (Å²) in [5, 5.41) is 5.59. The topological polar surface area (TPSA) is 93.5 Å². The van der Waals surface area contributed by atoms with E-state index >= 15 is 0 Å². The molecule has 0 heterocycles. The van der Waals surface area contributed by atoms with Crippen molar-refractivity contribution in [3.8, 4) is 5.75 Å². The maximum absolute atomic E-state index is 12.2. The summed E-state index contributed by atoms with van der Waals surface area (Å²) in [5.41, 5.74) is 6.45. The van der Waals surface area contributed by atoms with Crippen molar-refractivity contribution in [3.63, 3.8) is 0 Å². The van der Waals surface area contributed by atoms with Crippen molar-refractivity contribution in [1.29, 1.82) is 0 Å². The van der Waals surface area contributed by atoms with Gasteiger partial charge in [0.2, 0.25) is 5.91 Å². The van der Waals surface area contributed by atoms with Crippen LogP contribution in [0.15, 0.2) is 48.5 Å². The molecule has 2 rings (SSSR count). The van der Waals surface area contributed by atoms with Crippen molar-refractivity contribution in [2.24, 2.45) is 5.73 Å². The second-order valence-electron chi connectivity index (χ2n) is 5.59.